The van der Waals surface area contributed by atoms with Crippen molar-refractivity contribution < 1.29 is 9.59 Å². The van der Waals surface area contributed by atoms with Crippen molar-refractivity contribution in [2.75, 3.05) is 10.6 Å². The van der Waals surface area contributed by atoms with Crippen molar-refractivity contribution in [3.8, 4) is 6.07 Å². The molecule has 0 aliphatic rings. The van der Waals surface area contributed by atoms with Gasteiger partial charge in [0.1, 0.15) is 11.6 Å². The Balaban J connectivity index is 2.36. The van der Waals surface area contributed by atoms with Crippen LogP contribution in [0.15, 0.2) is 66.4 Å². The molecule has 2 aromatic carbocycles. The summed E-state index contributed by atoms with van der Waals surface area (Å²) in [6.45, 7) is 5.77. The summed E-state index contributed by atoms with van der Waals surface area (Å²) in [5, 5.41) is 9.59. The smallest absolute Gasteiger partial charge is 0.277 e. The summed E-state index contributed by atoms with van der Waals surface area (Å²) in [6.07, 6.45) is 1.52. The van der Waals surface area contributed by atoms with Gasteiger partial charge in [-0.25, -0.2) is 4.90 Å². The minimum Gasteiger partial charge on any atom is -0.399 e. The Morgan fingerprint density at radius 2 is 1.71 bits per heavy atom. The number of benzene rings is 2. The molecule has 0 aromatic heterocycles. The summed E-state index contributed by atoms with van der Waals surface area (Å²) < 4.78 is 0. The molecule has 2 N–H and O–H groups in total. The van der Waals surface area contributed by atoms with Gasteiger partial charge >= 0.3 is 0 Å². The first-order chi connectivity index (χ1) is 13.3. The molecular formula is C22H24N4O2. The summed E-state index contributed by atoms with van der Waals surface area (Å²) in [5.74, 6) is -1.14. The number of hydrogen-bond acceptors (Lipinski definition) is 5. The number of anilines is 2. The van der Waals surface area contributed by atoms with Crippen LogP contribution in [0.5, 0.6) is 0 Å². The molecule has 0 aliphatic heterocycles. The van der Waals surface area contributed by atoms with Crippen LogP contribution in [-0.2, 0) is 16.1 Å². The molecule has 2 amide bonds. The van der Waals surface area contributed by atoms with Gasteiger partial charge in [0.2, 0.25) is 5.91 Å². The van der Waals surface area contributed by atoms with Crippen LogP contribution in [0.25, 0.3) is 0 Å². The third-order valence-electron chi connectivity index (χ3n) is 4.19. The fourth-order valence-electron chi connectivity index (χ4n) is 2.66. The average Bonchev–Trinajstić information content (AvgIpc) is 2.67. The lowest BCUT2D eigenvalue weighted by atomic mass is 10.1. The second-order valence-corrected chi connectivity index (χ2v) is 6.66. The summed E-state index contributed by atoms with van der Waals surface area (Å²) in [5.41, 5.74) is 7.51. The molecule has 6 heteroatoms. The third kappa shape index (κ3) is 5.21. The summed E-state index contributed by atoms with van der Waals surface area (Å²) in [4.78, 5) is 28.0. The van der Waals surface area contributed by atoms with Gasteiger partial charge in [-0.05, 0) is 43.7 Å². The highest BCUT2D eigenvalue weighted by molar-refractivity contribution is 6.21. The van der Waals surface area contributed by atoms with Gasteiger partial charge in [0.25, 0.3) is 5.91 Å². The highest BCUT2D eigenvalue weighted by Gasteiger charge is 2.25. The first-order valence-corrected chi connectivity index (χ1v) is 8.95. The van der Waals surface area contributed by atoms with Crippen molar-refractivity contribution >= 4 is 23.2 Å². The lowest BCUT2D eigenvalue weighted by molar-refractivity contribution is -0.123. The van der Waals surface area contributed by atoms with Crippen LogP contribution in [0.4, 0.5) is 11.4 Å². The van der Waals surface area contributed by atoms with Crippen LogP contribution in [-0.4, -0.2) is 22.8 Å². The van der Waals surface area contributed by atoms with Gasteiger partial charge in [0.05, 0.1) is 5.69 Å². The van der Waals surface area contributed by atoms with Gasteiger partial charge in [-0.1, -0.05) is 30.3 Å². The maximum Gasteiger partial charge on any atom is 0.277 e. The van der Waals surface area contributed by atoms with E-state index in [4.69, 9.17) is 5.73 Å². The van der Waals surface area contributed by atoms with Crippen molar-refractivity contribution in [3.63, 3.8) is 0 Å². The molecule has 0 saturated carbocycles. The summed E-state index contributed by atoms with van der Waals surface area (Å²) in [6, 6.07) is 18.1. The lowest BCUT2D eigenvalue weighted by Crippen LogP contribution is -2.37. The maximum atomic E-state index is 13.0. The third-order valence-corrected chi connectivity index (χ3v) is 4.19. The molecule has 0 radical (unpaired) electrons. The number of carbonyl (C=O) groups is 2. The molecule has 0 spiro atoms. The van der Waals surface area contributed by atoms with Gasteiger partial charge in [0, 0.05) is 31.4 Å². The van der Waals surface area contributed by atoms with Gasteiger partial charge in [-0.2, -0.15) is 5.26 Å². The largest absolute Gasteiger partial charge is 0.399 e. The van der Waals surface area contributed by atoms with Crippen LogP contribution < -0.4 is 10.6 Å². The zero-order valence-electron chi connectivity index (χ0n) is 16.3. The van der Waals surface area contributed by atoms with E-state index in [0.717, 1.165) is 10.5 Å². The quantitative estimate of drug-likeness (QED) is 0.474. The number of imide groups is 1. The Labute approximate surface area is 165 Å². The van der Waals surface area contributed by atoms with Crippen LogP contribution in [0.2, 0.25) is 0 Å². The number of nitrogens with two attached hydrogens (primary N) is 1. The molecule has 0 atom stereocenters. The van der Waals surface area contributed by atoms with E-state index in [-0.39, 0.29) is 11.6 Å². The van der Waals surface area contributed by atoms with Crippen molar-refractivity contribution in [1.29, 1.82) is 5.26 Å². The van der Waals surface area contributed by atoms with Gasteiger partial charge in [0.15, 0.2) is 0 Å². The molecule has 0 heterocycles. The van der Waals surface area contributed by atoms with Crippen LogP contribution >= 0.6 is 0 Å². The van der Waals surface area contributed by atoms with Crippen LogP contribution in [0, 0.1) is 11.3 Å². The number of nitriles is 1. The van der Waals surface area contributed by atoms with Gasteiger partial charge in [-0.15, -0.1) is 0 Å². The molecule has 0 saturated heterocycles. The van der Waals surface area contributed by atoms with E-state index in [0.29, 0.717) is 17.9 Å². The highest BCUT2D eigenvalue weighted by Crippen LogP contribution is 2.20. The van der Waals surface area contributed by atoms with Crippen LogP contribution in [0.1, 0.15) is 26.3 Å². The Morgan fingerprint density at radius 1 is 1.11 bits per heavy atom. The maximum absolute atomic E-state index is 13.0. The minimum atomic E-state index is -0.668. The standard InChI is InChI=1S/C22H24N4O2/c1-16(2)25(14-18-7-5-4-6-8-18)15-19(13-23)22(28)26(17(3)27)21-11-9-20(24)10-12-21/h4-12,15-16H,14,24H2,1-3H3/b19-15-. The Kier molecular flexibility index (Phi) is 6.94. The molecule has 0 aliphatic carbocycles. The molecule has 2 rings (SSSR count). The SMILES string of the molecule is CC(=O)N(C(=O)/C(C#N)=C\N(Cc1ccccc1)C(C)C)c1ccc(N)cc1. The molecule has 0 bridgehead atoms. The van der Waals surface area contributed by atoms with Gasteiger partial charge < -0.3 is 10.6 Å². The average molecular weight is 376 g/mol. The number of hydrogen-bond donors (Lipinski definition) is 1. The van der Waals surface area contributed by atoms with E-state index in [1.165, 1.54) is 13.1 Å². The number of rotatable bonds is 6. The van der Waals surface area contributed by atoms with Crippen molar-refractivity contribution in [2.24, 2.45) is 0 Å². The minimum absolute atomic E-state index is 0.0543. The molecule has 144 valence electrons. The fourth-order valence-corrected chi connectivity index (χ4v) is 2.66. The van der Waals surface area contributed by atoms with E-state index in [2.05, 4.69) is 0 Å². The topological polar surface area (TPSA) is 90.4 Å². The van der Waals surface area contributed by atoms with Crippen molar-refractivity contribution in [2.45, 2.75) is 33.4 Å². The number of nitrogen functional groups attached to an aromatic ring is 1. The van der Waals surface area contributed by atoms with Crippen molar-refractivity contribution in [3.05, 3.63) is 71.9 Å². The number of nitrogens with zero attached hydrogens (tertiary/aromatic N) is 3. The normalized spacial score (nSPS) is 11.0. The van der Waals surface area contributed by atoms with E-state index in [1.54, 1.807) is 24.3 Å². The van der Waals surface area contributed by atoms with E-state index < -0.39 is 11.8 Å². The molecular weight excluding hydrogens is 352 g/mol. The zero-order chi connectivity index (χ0) is 20.7. The predicted octanol–water partition coefficient (Wildman–Crippen LogP) is 3.47. The molecule has 28 heavy (non-hydrogen) atoms. The molecule has 0 unspecified atom stereocenters. The van der Waals surface area contributed by atoms with Crippen molar-refractivity contribution in [1.82, 2.24) is 4.90 Å². The highest BCUT2D eigenvalue weighted by atomic mass is 16.2. The Bertz CT molecular complexity index is 896. The predicted molar refractivity (Wildman–Crippen MR) is 110 cm³/mol. The van der Waals surface area contributed by atoms with E-state index in [9.17, 15) is 14.9 Å². The Hall–Kier alpha value is -3.59. The van der Waals surface area contributed by atoms with E-state index in [1.807, 2.05) is 55.1 Å². The zero-order valence-corrected chi connectivity index (χ0v) is 16.3. The molecule has 0 fully saturated rings. The first kappa shape index (κ1) is 20.7. The number of carbonyl (C=O) groups excluding carboxylic acids is 2. The number of amides is 2. The second kappa shape index (κ2) is 9.38. The first-order valence-electron chi connectivity index (χ1n) is 8.95. The summed E-state index contributed by atoms with van der Waals surface area (Å²) >= 11 is 0. The van der Waals surface area contributed by atoms with E-state index >= 15 is 0 Å². The molecule has 2 aromatic rings. The molecule has 6 nitrogen and oxygen atoms in total. The van der Waals surface area contributed by atoms with Crippen LogP contribution in [0.3, 0.4) is 0 Å². The Morgan fingerprint density at radius 3 is 2.21 bits per heavy atom. The lowest BCUT2D eigenvalue weighted by Gasteiger charge is -2.26. The second-order valence-electron chi connectivity index (χ2n) is 6.66. The fraction of sp³-hybridized carbons (Fsp3) is 0.227. The monoisotopic (exact) mass is 376 g/mol. The summed E-state index contributed by atoms with van der Waals surface area (Å²) in [7, 11) is 0. The van der Waals surface area contributed by atoms with Gasteiger partial charge in [-0.3, -0.25) is 9.59 Å².